The molecule has 2 aliphatic heterocycles. The maximum absolute atomic E-state index is 13.4. The summed E-state index contributed by atoms with van der Waals surface area (Å²) in [6, 6.07) is 14.9. The van der Waals surface area contributed by atoms with E-state index in [9.17, 15) is 13.6 Å². The average Bonchev–Trinajstić information content (AvgIpc) is 2.84. The summed E-state index contributed by atoms with van der Waals surface area (Å²) in [5.41, 5.74) is 1.02. The number of likely N-dealkylation sites (tertiary alicyclic amines) is 1. The lowest BCUT2D eigenvalue weighted by atomic mass is 9.82. The molecule has 2 aromatic carbocycles. The van der Waals surface area contributed by atoms with Gasteiger partial charge in [0.05, 0.1) is 25.4 Å². The Kier molecular flexibility index (Phi) is 7.91. The van der Waals surface area contributed by atoms with Crippen LogP contribution in [0.2, 0.25) is 0 Å². The van der Waals surface area contributed by atoms with E-state index in [0.717, 1.165) is 18.4 Å². The third-order valence-corrected chi connectivity index (χ3v) is 6.79. The first kappa shape index (κ1) is 25.4. The van der Waals surface area contributed by atoms with Gasteiger partial charge in [-0.25, -0.2) is 8.78 Å². The van der Waals surface area contributed by atoms with E-state index >= 15 is 0 Å². The highest BCUT2D eigenvalue weighted by atomic mass is 19.3. The summed E-state index contributed by atoms with van der Waals surface area (Å²) in [6.07, 6.45) is -0.330. The quantitative estimate of drug-likeness (QED) is 0.540. The molecule has 1 amide bonds. The van der Waals surface area contributed by atoms with Gasteiger partial charge in [0.15, 0.2) is 11.5 Å². The topological polar surface area (TPSA) is 51.2 Å². The van der Waals surface area contributed by atoms with Crippen LogP contribution in [-0.2, 0) is 4.74 Å². The van der Waals surface area contributed by atoms with Gasteiger partial charge in [0.2, 0.25) is 0 Å². The monoisotopic (exact) mass is 488 g/mol. The van der Waals surface area contributed by atoms with Crippen molar-refractivity contribution in [2.75, 3.05) is 33.5 Å². The molecule has 0 bridgehead atoms. The summed E-state index contributed by atoms with van der Waals surface area (Å²) >= 11 is 0. The number of amides is 1. The minimum atomic E-state index is -2.42. The first-order chi connectivity index (χ1) is 16.8. The van der Waals surface area contributed by atoms with E-state index in [-0.39, 0.29) is 31.3 Å². The zero-order valence-corrected chi connectivity index (χ0v) is 20.6. The van der Waals surface area contributed by atoms with Crippen LogP contribution in [0.15, 0.2) is 48.5 Å². The Balaban J connectivity index is 1.42. The molecule has 2 saturated heterocycles. The van der Waals surface area contributed by atoms with E-state index in [0.29, 0.717) is 36.6 Å². The van der Waals surface area contributed by atoms with Crippen LogP contribution in [0.1, 0.15) is 55.1 Å². The Morgan fingerprint density at radius 1 is 1.14 bits per heavy atom. The summed E-state index contributed by atoms with van der Waals surface area (Å²) in [7, 11) is 1.54. The number of halogens is 2. The molecular weight excluding hydrogens is 454 g/mol. The van der Waals surface area contributed by atoms with Gasteiger partial charge in [0.1, 0.15) is 6.73 Å². The number of alkyl halides is 2. The molecule has 190 valence electrons. The van der Waals surface area contributed by atoms with Gasteiger partial charge >= 0.3 is 0 Å². The predicted molar refractivity (Wildman–Crippen MR) is 129 cm³/mol. The van der Waals surface area contributed by atoms with E-state index < -0.39 is 12.0 Å². The highest BCUT2D eigenvalue weighted by Gasteiger charge is 2.44. The Morgan fingerprint density at radius 3 is 2.54 bits per heavy atom. The van der Waals surface area contributed by atoms with Crippen molar-refractivity contribution in [3.8, 4) is 11.5 Å². The van der Waals surface area contributed by atoms with E-state index in [1.54, 1.807) is 30.2 Å². The highest BCUT2D eigenvalue weighted by Crippen LogP contribution is 2.41. The van der Waals surface area contributed by atoms with Crippen molar-refractivity contribution in [3.05, 3.63) is 59.7 Å². The minimum absolute atomic E-state index is 0.0150. The molecule has 2 atom stereocenters. The van der Waals surface area contributed by atoms with Gasteiger partial charge in [-0.15, -0.1) is 0 Å². The fourth-order valence-corrected chi connectivity index (χ4v) is 5.07. The number of carbonyl (C=O) groups excluding carboxylic acids is 1. The molecule has 35 heavy (non-hydrogen) atoms. The number of rotatable bonds is 7. The summed E-state index contributed by atoms with van der Waals surface area (Å²) < 4.78 is 44.3. The van der Waals surface area contributed by atoms with Gasteiger partial charge in [-0.2, -0.15) is 0 Å². The standard InChI is InChI=1S/C27H34F2N2O4/c1-19(2)35-23-10-9-21(15-24(23)33-3)26(32)30-14-13-27(34-18-30)12-11-22(20-7-5-4-6-8-20)31(17-27)16-25(28)29/h4-10,15,19,22,25H,11-14,16-18H2,1-3H3. The van der Waals surface area contributed by atoms with Crippen molar-refractivity contribution in [1.29, 1.82) is 0 Å². The number of carbonyl (C=O) groups is 1. The molecular formula is C27H34F2N2O4. The lowest BCUT2D eigenvalue weighted by molar-refractivity contribution is -0.165. The Bertz CT molecular complexity index is 994. The molecule has 0 aliphatic carbocycles. The molecule has 0 aromatic heterocycles. The van der Waals surface area contributed by atoms with Crippen LogP contribution in [0.3, 0.4) is 0 Å². The van der Waals surface area contributed by atoms with Crippen LogP contribution >= 0.6 is 0 Å². The number of hydrogen-bond acceptors (Lipinski definition) is 5. The van der Waals surface area contributed by atoms with Crippen LogP contribution in [0.5, 0.6) is 11.5 Å². The second kappa shape index (κ2) is 10.9. The van der Waals surface area contributed by atoms with Crippen molar-refractivity contribution in [2.45, 2.75) is 57.3 Å². The second-order valence-corrected chi connectivity index (χ2v) is 9.59. The molecule has 2 aromatic rings. The maximum atomic E-state index is 13.4. The molecule has 2 fully saturated rings. The number of benzene rings is 2. The number of ether oxygens (including phenoxy) is 3. The first-order valence-corrected chi connectivity index (χ1v) is 12.2. The number of methoxy groups -OCH3 is 1. The predicted octanol–water partition coefficient (Wildman–Crippen LogP) is 5.14. The van der Waals surface area contributed by atoms with Gasteiger partial charge in [-0.3, -0.25) is 9.69 Å². The average molecular weight is 489 g/mol. The van der Waals surface area contributed by atoms with E-state index in [4.69, 9.17) is 14.2 Å². The molecule has 2 heterocycles. The van der Waals surface area contributed by atoms with Crippen LogP contribution in [-0.4, -0.2) is 67.3 Å². The van der Waals surface area contributed by atoms with Gasteiger partial charge < -0.3 is 19.1 Å². The van der Waals surface area contributed by atoms with Crippen molar-refractivity contribution < 1.29 is 27.8 Å². The van der Waals surface area contributed by atoms with E-state index in [1.807, 2.05) is 49.1 Å². The maximum Gasteiger partial charge on any atom is 0.255 e. The zero-order chi connectivity index (χ0) is 25.0. The minimum Gasteiger partial charge on any atom is -0.493 e. The lowest BCUT2D eigenvalue weighted by Gasteiger charge is -2.50. The van der Waals surface area contributed by atoms with Gasteiger partial charge in [0, 0.05) is 24.7 Å². The van der Waals surface area contributed by atoms with Crippen LogP contribution in [0.4, 0.5) is 8.78 Å². The molecule has 2 aliphatic rings. The molecule has 0 N–H and O–H groups in total. The third kappa shape index (κ3) is 5.93. The Labute approximate surface area is 205 Å². The summed E-state index contributed by atoms with van der Waals surface area (Å²) in [5, 5.41) is 0. The van der Waals surface area contributed by atoms with Crippen LogP contribution in [0.25, 0.3) is 0 Å². The number of hydrogen-bond donors (Lipinski definition) is 0. The largest absolute Gasteiger partial charge is 0.493 e. The van der Waals surface area contributed by atoms with E-state index in [1.165, 1.54) is 0 Å². The Morgan fingerprint density at radius 2 is 1.91 bits per heavy atom. The van der Waals surface area contributed by atoms with Crippen molar-refractivity contribution in [2.24, 2.45) is 0 Å². The summed E-state index contributed by atoms with van der Waals surface area (Å²) in [4.78, 5) is 16.7. The van der Waals surface area contributed by atoms with Crippen molar-refractivity contribution in [1.82, 2.24) is 9.80 Å². The fourth-order valence-electron chi connectivity index (χ4n) is 5.07. The van der Waals surface area contributed by atoms with E-state index in [2.05, 4.69) is 0 Å². The van der Waals surface area contributed by atoms with Crippen molar-refractivity contribution >= 4 is 5.91 Å². The first-order valence-electron chi connectivity index (χ1n) is 12.2. The molecule has 2 unspecified atom stereocenters. The third-order valence-electron chi connectivity index (χ3n) is 6.79. The fraction of sp³-hybridized carbons (Fsp3) is 0.519. The second-order valence-electron chi connectivity index (χ2n) is 9.59. The molecule has 8 heteroatoms. The molecule has 4 rings (SSSR count). The molecule has 0 radical (unpaired) electrons. The lowest BCUT2D eigenvalue weighted by Crippen LogP contribution is -2.57. The molecule has 1 spiro atoms. The number of piperidine rings is 1. The summed E-state index contributed by atoms with van der Waals surface area (Å²) in [6.45, 7) is 4.62. The highest BCUT2D eigenvalue weighted by molar-refractivity contribution is 5.95. The SMILES string of the molecule is COc1cc(C(=O)N2CCC3(CCC(c4ccccc4)N(CC(F)F)C3)OC2)ccc1OC(C)C. The van der Waals surface area contributed by atoms with Gasteiger partial charge in [-0.1, -0.05) is 30.3 Å². The van der Waals surface area contributed by atoms with Gasteiger partial charge in [-0.05, 0) is 56.9 Å². The summed E-state index contributed by atoms with van der Waals surface area (Å²) in [5.74, 6) is 0.930. The smallest absolute Gasteiger partial charge is 0.255 e. The zero-order valence-electron chi connectivity index (χ0n) is 20.6. The normalized spacial score (nSPS) is 23.2. The van der Waals surface area contributed by atoms with Gasteiger partial charge in [0.25, 0.3) is 12.3 Å². The van der Waals surface area contributed by atoms with Crippen molar-refractivity contribution in [3.63, 3.8) is 0 Å². The van der Waals surface area contributed by atoms with Crippen LogP contribution in [0, 0.1) is 0 Å². The van der Waals surface area contributed by atoms with Crippen LogP contribution < -0.4 is 9.47 Å². The number of nitrogens with zero attached hydrogens (tertiary/aromatic N) is 2. The Hall–Kier alpha value is -2.71. The molecule has 0 saturated carbocycles. The molecule has 6 nitrogen and oxygen atoms in total.